The molecule has 1 amide bonds. The molecule has 2 rings (SSSR count). The number of nitrogens with two attached hydrogens (primary N) is 1. The second-order valence-electron chi connectivity index (χ2n) is 4.01. The van der Waals surface area contributed by atoms with Crippen molar-refractivity contribution in [2.75, 3.05) is 11.9 Å². The van der Waals surface area contributed by atoms with Crippen molar-refractivity contribution in [3.05, 3.63) is 58.3 Å². The van der Waals surface area contributed by atoms with Gasteiger partial charge >= 0.3 is 0 Å². The van der Waals surface area contributed by atoms with E-state index in [0.29, 0.717) is 24.2 Å². The van der Waals surface area contributed by atoms with Crippen LogP contribution in [0.15, 0.2) is 47.2 Å². The maximum atomic E-state index is 12.3. The van der Waals surface area contributed by atoms with E-state index in [2.05, 4.69) is 26.2 Å². The fourth-order valence-electron chi connectivity index (χ4n) is 1.78. The summed E-state index contributed by atoms with van der Waals surface area (Å²) in [7, 11) is 0. The lowest BCUT2D eigenvalue weighted by Crippen LogP contribution is -2.16. The molecule has 4 nitrogen and oxygen atoms in total. The van der Waals surface area contributed by atoms with Gasteiger partial charge in [0.2, 0.25) is 0 Å². The van der Waals surface area contributed by atoms with Crippen LogP contribution in [0.1, 0.15) is 15.9 Å². The smallest absolute Gasteiger partial charge is 0.255 e. The van der Waals surface area contributed by atoms with Gasteiger partial charge < -0.3 is 11.1 Å². The topological polar surface area (TPSA) is 68.0 Å². The van der Waals surface area contributed by atoms with E-state index >= 15 is 0 Å². The Hall–Kier alpha value is -1.72. The molecule has 5 heteroatoms. The zero-order valence-electron chi connectivity index (χ0n) is 10.3. The average molecular weight is 320 g/mol. The Morgan fingerprint density at radius 3 is 2.84 bits per heavy atom. The molecular formula is C14H14BrN3O. The Labute approximate surface area is 120 Å². The Bertz CT molecular complexity index is 586. The number of aromatic nitrogens is 1. The van der Waals surface area contributed by atoms with E-state index in [-0.39, 0.29) is 5.91 Å². The van der Waals surface area contributed by atoms with Crippen molar-refractivity contribution in [2.24, 2.45) is 5.73 Å². The highest BCUT2D eigenvalue weighted by molar-refractivity contribution is 9.10. The number of rotatable bonds is 4. The number of carbonyl (C=O) groups is 1. The van der Waals surface area contributed by atoms with Crippen molar-refractivity contribution in [3.63, 3.8) is 0 Å². The van der Waals surface area contributed by atoms with Gasteiger partial charge in [0.25, 0.3) is 5.91 Å². The molecule has 19 heavy (non-hydrogen) atoms. The largest absolute Gasteiger partial charge is 0.330 e. The minimum atomic E-state index is -0.143. The van der Waals surface area contributed by atoms with Crippen LogP contribution in [-0.2, 0) is 6.42 Å². The number of hydrogen-bond donors (Lipinski definition) is 2. The number of nitrogens with zero attached hydrogens (tertiary/aromatic N) is 1. The molecule has 0 atom stereocenters. The molecule has 1 heterocycles. The molecule has 3 N–H and O–H groups in total. The van der Waals surface area contributed by atoms with Crippen LogP contribution in [0, 0.1) is 0 Å². The molecule has 1 aromatic heterocycles. The predicted octanol–water partition coefficient (Wildman–Crippen LogP) is 2.60. The van der Waals surface area contributed by atoms with Gasteiger partial charge in [0.15, 0.2) is 0 Å². The van der Waals surface area contributed by atoms with E-state index in [1.807, 2.05) is 18.2 Å². The number of amides is 1. The van der Waals surface area contributed by atoms with Gasteiger partial charge in [0, 0.05) is 18.0 Å². The van der Waals surface area contributed by atoms with E-state index in [1.54, 1.807) is 24.5 Å². The van der Waals surface area contributed by atoms with E-state index < -0.39 is 0 Å². The summed E-state index contributed by atoms with van der Waals surface area (Å²) in [6.45, 7) is 0.517. The van der Waals surface area contributed by atoms with Gasteiger partial charge in [0.05, 0.1) is 10.2 Å². The number of halogens is 1. The van der Waals surface area contributed by atoms with Gasteiger partial charge in [-0.05, 0) is 46.6 Å². The summed E-state index contributed by atoms with van der Waals surface area (Å²) in [5, 5.41) is 2.86. The molecule has 0 aliphatic rings. The van der Waals surface area contributed by atoms with Crippen LogP contribution in [0.5, 0.6) is 0 Å². The first-order valence-corrected chi connectivity index (χ1v) is 6.70. The first-order valence-electron chi connectivity index (χ1n) is 5.91. The number of benzene rings is 1. The van der Waals surface area contributed by atoms with Crippen LogP contribution < -0.4 is 11.1 Å². The fraction of sp³-hybridized carbons (Fsp3) is 0.143. The van der Waals surface area contributed by atoms with E-state index in [9.17, 15) is 4.79 Å². The third-order valence-electron chi connectivity index (χ3n) is 2.70. The first kappa shape index (κ1) is 13.7. The van der Waals surface area contributed by atoms with Crippen molar-refractivity contribution in [1.29, 1.82) is 0 Å². The highest BCUT2D eigenvalue weighted by Crippen LogP contribution is 2.21. The second kappa shape index (κ2) is 6.45. The van der Waals surface area contributed by atoms with E-state index in [4.69, 9.17) is 5.73 Å². The van der Waals surface area contributed by atoms with Crippen molar-refractivity contribution < 1.29 is 4.79 Å². The van der Waals surface area contributed by atoms with Gasteiger partial charge in [0.1, 0.15) is 0 Å². The number of pyridine rings is 1. The molecule has 0 fully saturated rings. The van der Waals surface area contributed by atoms with E-state index in [0.717, 1.165) is 10.0 Å². The Morgan fingerprint density at radius 2 is 2.11 bits per heavy atom. The zero-order valence-corrected chi connectivity index (χ0v) is 11.9. The molecular weight excluding hydrogens is 306 g/mol. The summed E-state index contributed by atoms with van der Waals surface area (Å²) in [5.74, 6) is -0.143. The lowest BCUT2D eigenvalue weighted by atomic mass is 10.0. The number of carbonyl (C=O) groups excluding carboxylic acids is 1. The van der Waals surface area contributed by atoms with Crippen LogP contribution in [0.2, 0.25) is 0 Å². The highest BCUT2D eigenvalue weighted by Gasteiger charge is 2.11. The second-order valence-corrected chi connectivity index (χ2v) is 4.86. The first-order chi connectivity index (χ1) is 9.22. The van der Waals surface area contributed by atoms with Gasteiger partial charge in [-0.1, -0.05) is 18.2 Å². The van der Waals surface area contributed by atoms with Crippen molar-refractivity contribution in [1.82, 2.24) is 4.98 Å². The molecule has 1 aromatic carbocycles. The molecule has 0 saturated carbocycles. The quantitative estimate of drug-likeness (QED) is 0.910. The van der Waals surface area contributed by atoms with Crippen LogP contribution in [0.4, 0.5) is 5.69 Å². The van der Waals surface area contributed by atoms with Crippen molar-refractivity contribution >= 4 is 27.5 Å². The summed E-state index contributed by atoms with van der Waals surface area (Å²) < 4.78 is 0.750. The van der Waals surface area contributed by atoms with E-state index in [1.165, 1.54) is 0 Å². The predicted molar refractivity (Wildman–Crippen MR) is 79.1 cm³/mol. The van der Waals surface area contributed by atoms with Crippen LogP contribution in [-0.4, -0.2) is 17.4 Å². The minimum absolute atomic E-state index is 0.143. The Kier molecular flexibility index (Phi) is 4.65. The zero-order chi connectivity index (χ0) is 13.7. The fourth-order valence-corrected chi connectivity index (χ4v) is 2.13. The highest BCUT2D eigenvalue weighted by atomic mass is 79.9. The standard InChI is InChI=1S/C14H14BrN3O/c15-12-9-17-8-6-13(12)18-14(19)11-4-2-1-3-10(11)5-7-16/h1-4,6,8-9H,5,7,16H2,(H,17,18,19). The summed E-state index contributed by atoms with van der Waals surface area (Å²) in [4.78, 5) is 16.2. The number of anilines is 1. The maximum Gasteiger partial charge on any atom is 0.255 e. The molecule has 0 aliphatic carbocycles. The Morgan fingerprint density at radius 1 is 1.32 bits per heavy atom. The molecule has 0 spiro atoms. The average Bonchev–Trinajstić information content (AvgIpc) is 2.42. The molecule has 98 valence electrons. The maximum absolute atomic E-state index is 12.3. The van der Waals surface area contributed by atoms with Gasteiger partial charge in [-0.3, -0.25) is 9.78 Å². The molecule has 0 radical (unpaired) electrons. The molecule has 0 unspecified atom stereocenters. The molecule has 0 aliphatic heterocycles. The van der Waals surface area contributed by atoms with Gasteiger partial charge in [-0.25, -0.2) is 0 Å². The summed E-state index contributed by atoms with van der Waals surface area (Å²) in [6, 6.07) is 9.22. The third kappa shape index (κ3) is 3.39. The van der Waals surface area contributed by atoms with Crippen LogP contribution >= 0.6 is 15.9 Å². The van der Waals surface area contributed by atoms with Gasteiger partial charge in [-0.2, -0.15) is 0 Å². The normalized spacial score (nSPS) is 10.2. The lowest BCUT2D eigenvalue weighted by molar-refractivity contribution is 0.102. The van der Waals surface area contributed by atoms with Crippen LogP contribution in [0.3, 0.4) is 0 Å². The third-order valence-corrected chi connectivity index (χ3v) is 3.33. The lowest BCUT2D eigenvalue weighted by Gasteiger charge is -2.10. The van der Waals surface area contributed by atoms with Crippen molar-refractivity contribution in [3.8, 4) is 0 Å². The summed E-state index contributed by atoms with van der Waals surface area (Å²) in [6.07, 6.45) is 3.95. The molecule has 0 saturated heterocycles. The Balaban J connectivity index is 2.23. The number of nitrogens with one attached hydrogen (secondary N) is 1. The van der Waals surface area contributed by atoms with Gasteiger partial charge in [-0.15, -0.1) is 0 Å². The minimum Gasteiger partial charge on any atom is -0.330 e. The summed E-state index contributed by atoms with van der Waals surface area (Å²) >= 11 is 3.35. The summed E-state index contributed by atoms with van der Waals surface area (Å²) in [5.41, 5.74) is 7.86. The number of hydrogen-bond acceptors (Lipinski definition) is 3. The van der Waals surface area contributed by atoms with Crippen molar-refractivity contribution in [2.45, 2.75) is 6.42 Å². The molecule has 2 aromatic rings. The molecule has 0 bridgehead atoms. The monoisotopic (exact) mass is 319 g/mol. The SMILES string of the molecule is NCCc1ccccc1C(=O)Nc1ccncc1Br. The van der Waals surface area contributed by atoms with Crippen LogP contribution in [0.25, 0.3) is 0 Å².